The Hall–Kier alpha value is -0.710. The Morgan fingerprint density at radius 1 is 1.50 bits per heavy atom. The Morgan fingerprint density at radius 2 is 2.12 bits per heavy atom. The van der Waals surface area contributed by atoms with Crippen LogP contribution in [0.4, 0.5) is 0 Å². The van der Waals surface area contributed by atoms with Crippen LogP contribution in [0.3, 0.4) is 0 Å². The van der Waals surface area contributed by atoms with E-state index < -0.39 is 0 Å². The Balaban J connectivity index is 4.54. The summed E-state index contributed by atoms with van der Waals surface area (Å²) in [5.74, 6) is 0.569. The summed E-state index contributed by atoms with van der Waals surface area (Å²) in [6.45, 7) is 6.01. The van der Waals surface area contributed by atoms with Crippen LogP contribution in [0.2, 0.25) is 0 Å². The van der Waals surface area contributed by atoms with Gasteiger partial charge in [0.1, 0.15) is 5.04 Å². The van der Waals surface area contributed by atoms with Crippen LogP contribution in [-0.4, -0.2) is 29.0 Å². The van der Waals surface area contributed by atoms with Crippen LogP contribution >= 0.6 is 11.8 Å². The van der Waals surface area contributed by atoms with Crippen molar-refractivity contribution in [1.82, 2.24) is 5.32 Å². The Labute approximate surface area is 102 Å². The molecule has 94 valence electrons. The highest BCUT2D eigenvalue weighted by molar-refractivity contribution is 8.14. The van der Waals surface area contributed by atoms with Crippen LogP contribution in [-0.2, 0) is 4.79 Å². The first-order valence-electron chi connectivity index (χ1n) is 5.64. The largest absolute Gasteiger partial charge is 0.410 e. The minimum absolute atomic E-state index is 0.0909. The van der Waals surface area contributed by atoms with Crippen molar-refractivity contribution in [2.24, 2.45) is 17.0 Å². The highest BCUT2D eigenvalue weighted by Crippen LogP contribution is 2.22. The van der Waals surface area contributed by atoms with Crippen LogP contribution in [0.5, 0.6) is 0 Å². The van der Waals surface area contributed by atoms with E-state index in [1.165, 1.54) is 11.8 Å². The molecule has 0 aromatic carbocycles. The molecule has 1 amide bonds. The predicted molar refractivity (Wildman–Crippen MR) is 69.0 cm³/mol. The molecule has 0 saturated carbocycles. The van der Waals surface area contributed by atoms with Crippen LogP contribution < -0.4 is 5.32 Å². The van der Waals surface area contributed by atoms with E-state index in [0.29, 0.717) is 5.04 Å². The molecule has 0 aliphatic rings. The first-order chi connectivity index (χ1) is 7.58. The fraction of sp³-hybridized carbons (Fsp3) is 0.818. The molecule has 2 N–H and O–H groups in total. The number of rotatable bonds is 6. The molecule has 5 heteroatoms. The van der Waals surface area contributed by atoms with E-state index in [1.807, 2.05) is 13.8 Å². The van der Waals surface area contributed by atoms with Gasteiger partial charge in [0.05, 0.1) is 5.92 Å². The number of oxime groups is 1. The molecular weight excluding hydrogens is 224 g/mol. The SMILES string of the molecule is CCCCS/C(=N\O)C(C(=O)NC)C(C)C. The maximum atomic E-state index is 11.7. The molecule has 0 spiro atoms. The summed E-state index contributed by atoms with van der Waals surface area (Å²) in [6, 6.07) is 0. The topological polar surface area (TPSA) is 61.7 Å². The standard InChI is InChI=1S/C11H22N2O2S/c1-5-6-7-16-11(13-15)9(8(2)3)10(14)12-4/h8-9,15H,5-7H2,1-4H3,(H,12,14)/b13-11-. The lowest BCUT2D eigenvalue weighted by molar-refractivity contribution is -0.123. The molecule has 0 aliphatic heterocycles. The summed E-state index contributed by atoms with van der Waals surface area (Å²) >= 11 is 1.47. The van der Waals surface area contributed by atoms with Crippen molar-refractivity contribution in [1.29, 1.82) is 0 Å². The third-order valence-electron chi connectivity index (χ3n) is 2.31. The van der Waals surface area contributed by atoms with E-state index in [2.05, 4.69) is 17.4 Å². The quantitative estimate of drug-likeness (QED) is 0.248. The van der Waals surface area contributed by atoms with Gasteiger partial charge in [-0.15, -0.1) is 11.8 Å². The number of carbonyl (C=O) groups excluding carboxylic acids is 1. The zero-order valence-electron chi connectivity index (χ0n) is 10.5. The second-order valence-corrected chi connectivity index (χ2v) is 5.09. The molecule has 0 fully saturated rings. The van der Waals surface area contributed by atoms with Gasteiger partial charge >= 0.3 is 0 Å². The van der Waals surface area contributed by atoms with Gasteiger partial charge in [0.2, 0.25) is 5.91 Å². The van der Waals surface area contributed by atoms with E-state index in [1.54, 1.807) is 7.05 Å². The third-order valence-corrected chi connectivity index (χ3v) is 3.43. The molecule has 0 heterocycles. The van der Waals surface area contributed by atoms with Crippen molar-refractivity contribution in [3.8, 4) is 0 Å². The average molecular weight is 246 g/mol. The van der Waals surface area contributed by atoms with Crippen molar-refractivity contribution >= 4 is 22.7 Å². The van der Waals surface area contributed by atoms with Gasteiger partial charge in [-0.05, 0) is 18.1 Å². The zero-order chi connectivity index (χ0) is 12.6. The molecule has 0 bridgehead atoms. The summed E-state index contributed by atoms with van der Waals surface area (Å²) in [5.41, 5.74) is 0. The molecule has 0 saturated heterocycles. The second kappa shape index (κ2) is 8.44. The van der Waals surface area contributed by atoms with E-state index >= 15 is 0 Å². The van der Waals surface area contributed by atoms with Gasteiger partial charge in [-0.2, -0.15) is 0 Å². The van der Waals surface area contributed by atoms with Crippen molar-refractivity contribution in [3.05, 3.63) is 0 Å². The highest BCUT2D eigenvalue weighted by atomic mass is 32.2. The Kier molecular flexibility index (Phi) is 8.07. The van der Waals surface area contributed by atoms with Crippen LogP contribution in [0.25, 0.3) is 0 Å². The van der Waals surface area contributed by atoms with E-state index in [0.717, 1.165) is 18.6 Å². The molecule has 0 aromatic heterocycles. The van der Waals surface area contributed by atoms with Crippen LogP contribution in [0, 0.1) is 11.8 Å². The fourth-order valence-corrected chi connectivity index (χ4v) is 2.62. The second-order valence-electron chi connectivity index (χ2n) is 3.98. The molecule has 16 heavy (non-hydrogen) atoms. The van der Waals surface area contributed by atoms with Gasteiger partial charge in [-0.1, -0.05) is 32.3 Å². The molecule has 0 rings (SSSR count). The van der Waals surface area contributed by atoms with E-state index in [4.69, 9.17) is 5.21 Å². The number of thioether (sulfide) groups is 1. The average Bonchev–Trinajstić information content (AvgIpc) is 2.26. The molecule has 1 atom stereocenters. The first-order valence-corrected chi connectivity index (χ1v) is 6.63. The van der Waals surface area contributed by atoms with Crippen molar-refractivity contribution in [3.63, 3.8) is 0 Å². The van der Waals surface area contributed by atoms with Gasteiger partial charge < -0.3 is 10.5 Å². The van der Waals surface area contributed by atoms with Gasteiger partial charge in [0.25, 0.3) is 0 Å². The normalized spacial score (nSPS) is 13.9. The van der Waals surface area contributed by atoms with Gasteiger partial charge in [-0.25, -0.2) is 0 Å². The molecular formula is C11H22N2O2S. The lowest BCUT2D eigenvalue weighted by Gasteiger charge is -2.19. The molecule has 0 radical (unpaired) electrons. The maximum Gasteiger partial charge on any atom is 0.229 e. The van der Waals surface area contributed by atoms with Gasteiger partial charge in [0, 0.05) is 7.05 Å². The van der Waals surface area contributed by atoms with Gasteiger partial charge in [-0.3, -0.25) is 4.79 Å². The number of hydrogen-bond donors (Lipinski definition) is 2. The number of unbranched alkanes of at least 4 members (excludes halogenated alkanes) is 1. The molecule has 0 aromatic rings. The molecule has 1 unspecified atom stereocenters. The first kappa shape index (κ1) is 15.3. The van der Waals surface area contributed by atoms with Crippen molar-refractivity contribution in [2.75, 3.05) is 12.8 Å². The monoisotopic (exact) mass is 246 g/mol. The minimum atomic E-state index is -0.350. The Morgan fingerprint density at radius 3 is 2.50 bits per heavy atom. The van der Waals surface area contributed by atoms with Gasteiger partial charge in [0.15, 0.2) is 0 Å². The summed E-state index contributed by atoms with van der Waals surface area (Å²) in [4.78, 5) is 11.7. The van der Waals surface area contributed by atoms with E-state index in [9.17, 15) is 4.79 Å². The van der Waals surface area contributed by atoms with Crippen LogP contribution in [0.1, 0.15) is 33.6 Å². The van der Waals surface area contributed by atoms with E-state index in [-0.39, 0.29) is 17.7 Å². The summed E-state index contributed by atoms with van der Waals surface area (Å²) in [5, 5.41) is 15.4. The lowest BCUT2D eigenvalue weighted by atomic mass is 9.96. The summed E-state index contributed by atoms with van der Waals surface area (Å²) in [6.07, 6.45) is 2.15. The molecule has 4 nitrogen and oxygen atoms in total. The van der Waals surface area contributed by atoms with Crippen molar-refractivity contribution in [2.45, 2.75) is 33.6 Å². The number of carbonyl (C=O) groups is 1. The summed E-state index contributed by atoms with van der Waals surface area (Å²) < 4.78 is 0. The number of nitrogens with zero attached hydrogens (tertiary/aromatic N) is 1. The maximum absolute atomic E-state index is 11.7. The van der Waals surface area contributed by atoms with Crippen molar-refractivity contribution < 1.29 is 10.0 Å². The lowest BCUT2D eigenvalue weighted by Crippen LogP contribution is -2.35. The molecule has 0 aliphatic carbocycles. The highest BCUT2D eigenvalue weighted by Gasteiger charge is 2.27. The third kappa shape index (κ3) is 4.88. The summed E-state index contributed by atoms with van der Waals surface area (Å²) in [7, 11) is 1.60. The number of hydrogen-bond acceptors (Lipinski definition) is 4. The number of nitrogens with one attached hydrogen (secondary N) is 1. The predicted octanol–water partition coefficient (Wildman–Crippen LogP) is 2.33. The Bertz CT molecular complexity index is 242. The number of amides is 1. The minimum Gasteiger partial charge on any atom is -0.410 e. The van der Waals surface area contributed by atoms with Crippen LogP contribution in [0.15, 0.2) is 5.16 Å². The smallest absolute Gasteiger partial charge is 0.229 e. The zero-order valence-corrected chi connectivity index (χ0v) is 11.3. The fourth-order valence-electron chi connectivity index (χ4n) is 1.36.